The minimum absolute atomic E-state index is 0.427. The molecular weight excluding hydrogens is 140 g/mol. The number of rotatable bonds is 0. The first-order chi connectivity index (χ1) is 5.36. The quantitative estimate of drug-likeness (QED) is 0.458. The van der Waals surface area contributed by atoms with E-state index in [1.165, 1.54) is 6.20 Å². The lowest BCUT2D eigenvalue weighted by molar-refractivity contribution is 0.415. The Morgan fingerprint density at radius 2 is 2.09 bits per heavy atom. The van der Waals surface area contributed by atoms with Gasteiger partial charge in [0.05, 0.1) is 5.22 Å². The van der Waals surface area contributed by atoms with Crippen molar-refractivity contribution in [3.05, 3.63) is 34.8 Å². The highest BCUT2D eigenvalue weighted by molar-refractivity contribution is 5.73. The SMILES string of the molecule is [O]C1=[N+]C=c2ccccc2=N1. The van der Waals surface area contributed by atoms with Gasteiger partial charge in [-0.1, -0.05) is 12.1 Å². The van der Waals surface area contributed by atoms with Crippen LogP contribution >= 0.6 is 0 Å². The van der Waals surface area contributed by atoms with Crippen LogP contribution in [-0.2, 0) is 5.11 Å². The molecule has 11 heavy (non-hydrogen) atoms. The topological polar surface area (TPSA) is 46.4 Å². The maximum absolute atomic E-state index is 10.7. The van der Waals surface area contributed by atoms with Gasteiger partial charge in [-0.2, -0.15) is 5.11 Å². The maximum atomic E-state index is 10.7. The van der Waals surface area contributed by atoms with E-state index in [9.17, 15) is 5.11 Å². The third-order valence-corrected chi connectivity index (χ3v) is 1.47. The van der Waals surface area contributed by atoms with Gasteiger partial charge < -0.3 is 0 Å². The Hall–Kier alpha value is -1.64. The van der Waals surface area contributed by atoms with E-state index in [0.717, 1.165) is 5.22 Å². The average molecular weight is 145 g/mol. The molecule has 0 unspecified atom stereocenters. The number of nitrogens with zero attached hydrogens (tertiary/aromatic N) is 2. The van der Waals surface area contributed by atoms with Crippen LogP contribution in [0.3, 0.4) is 0 Å². The van der Waals surface area contributed by atoms with E-state index in [2.05, 4.69) is 9.98 Å². The molecule has 0 bridgehead atoms. The van der Waals surface area contributed by atoms with Gasteiger partial charge in [-0.05, 0) is 17.1 Å². The smallest absolute Gasteiger partial charge is 0.190 e. The molecule has 3 nitrogen and oxygen atoms in total. The summed E-state index contributed by atoms with van der Waals surface area (Å²) in [7, 11) is 0. The van der Waals surface area contributed by atoms with E-state index in [-0.39, 0.29) is 0 Å². The van der Waals surface area contributed by atoms with Gasteiger partial charge >= 0.3 is 6.02 Å². The first kappa shape index (κ1) is 6.09. The van der Waals surface area contributed by atoms with Crippen molar-refractivity contribution in [2.45, 2.75) is 0 Å². The van der Waals surface area contributed by atoms with Crippen molar-refractivity contribution in [3.63, 3.8) is 0 Å². The monoisotopic (exact) mass is 145 g/mol. The van der Waals surface area contributed by atoms with Gasteiger partial charge in [-0.25, -0.2) is 0 Å². The fourth-order valence-corrected chi connectivity index (χ4v) is 0.955. The molecule has 0 atom stereocenters. The second-order valence-electron chi connectivity index (χ2n) is 2.21. The normalized spacial score (nSPS) is 14.0. The van der Waals surface area contributed by atoms with E-state index in [4.69, 9.17) is 0 Å². The van der Waals surface area contributed by atoms with Crippen molar-refractivity contribution in [1.82, 2.24) is 4.99 Å². The zero-order valence-electron chi connectivity index (χ0n) is 5.69. The lowest BCUT2D eigenvalue weighted by Gasteiger charge is -1.82. The molecule has 1 aliphatic heterocycles. The van der Waals surface area contributed by atoms with Crippen LogP contribution in [0, 0.1) is 0 Å². The largest absolute Gasteiger partial charge is 0.582 e. The zero-order valence-corrected chi connectivity index (χ0v) is 5.69. The molecule has 0 N–H and O–H groups in total. The summed E-state index contributed by atoms with van der Waals surface area (Å²) in [4.78, 5) is 7.25. The molecular formula is C8H5N2O+. The highest BCUT2D eigenvalue weighted by Gasteiger charge is 2.10. The number of amidine groups is 1. The molecule has 1 heterocycles. The Bertz CT molecular complexity index is 420. The van der Waals surface area contributed by atoms with E-state index < -0.39 is 6.02 Å². The van der Waals surface area contributed by atoms with Crippen molar-refractivity contribution < 1.29 is 5.11 Å². The average Bonchev–Trinajstić information content (AvgIpc) is 2.04. The van der Waals surface area contributed by atoms with Gasteiger partial charge in [-0.15, -0.1) is 0 Å². The minimum atomic E-state index is -0.427. The number of hydrogen-bond acceptors (Lipinski definition) is 2. The Labute approximate surface area is 63.1 Å². The van der Waals surface area contributed by atoms with E-state index >= 15 is 0 Å². The summed E-state index contributed by atoms with van der Waals surface area (Å²) >= 11 is 0. The third-order valence-electron chi connectivity index (χ3n) is 1.47. The molecule has 0 fully saturated rings. The number of para-hydroxylation sites is 1. The lowest BCUT2D eigenvalue weighted by Crippen LogP contribution is -2.30. The molecule has 0 aromatic heterocycles. The molecule has 0 saturated carbocycles. The van der Waals surface area contributed by atoms with E-state index in [1.807, 2.05) is 18.2 Å². The van der Waals surface area contributed by atoms with Crippen molar-refractivity contribution >= 4 is 12.2 Å². The van der Waals surface area contributed by atoms with Crippen LogP contribution in [0.4, 0.5) is 0 Å². The van der Waals surface area contributed by atoms with Crippen LogP contribution in [0.5, 0.6) is 0 Å². The number of benzene rings is 1. The summed E-state index contributed by atoms with van der Waals surface area (Å²) in [6, 6.07) is 6.96. The Balaban J connectivity index is 2.83. The summed E-state index contributed by atoms with van der Waals surface area (Å²) in [6.07, 6.45) is 1.53. The summed E-state index contributed by atoms with van der Waals surface area (Å²) in [6.45, 7) is 0. The molecule has 52 valence electrons. The highest BCUT2D eigenvalue weighted by atomic mass is 16.3. The molecule has 0 amide bonds. The number of fused-ring (bicyclic) bond motifs is 1. The predicted octanol–water partition coefficient (Wildman–Crippen LogP) is -0.820. The van der Waals surface area contributed by atoms with Crippen molar-refractivity contribution in [2.75, 3.05) is 0 Å². The van der Waals surface area contributed by atoms with Crippen molar-refractivity contribution in [3.8, 4) is 0 Å². The Morgan fingerprint density at radius 3 is 3.00 bits per heavy atom. The van der Waals surface area contributed by atoms with Crippen LogP contribution in [0.2, 0.25) is 0 Å². The fourth-order valence-electron chi connectivity index (χ4n) is 0.955. The van der Waals surface area contributed by atoms with Gasteiger partial charge in [0.15, 0.2) is 11.6 Å². The third kappa shape index (κ3) is 1.00. The Morgan fingerprint density at radius 1 is 1.27 bits per heavy atom. The van der Waals surface area contributed by atoms with E-state index in [0.29, 0.717) is 5.36 Å². The van der Waals surface area contributed by atoms with Crippen LogP contribution in [0.1, 0.15) is 0 Å². The van der Waals surface area contributed by atoms with Gasteiger partial charge in [0.2, 0.25) is 0 Å². The molecule has 0 saturated heterocycles. The summed E-state index contributed by atoms with van der Waals surface area (Å²) < 4.78 is 0. The first-order valence-corrected chi connectivity index (χ1v) is 3.25. The maximum Gasteiger partial charge on any atom is 0.582 e. The van der Waals surface area contributed by atoms with Gasteiger partial charge in [-0.3, -0.25) is 0 Å². The fraction of sp³-hybridized carbons (Fsp3) is 0. The highest BCUT2D eigenvalue weighted by Crippen LogP contribution is 1.75. The standard InChI is InChI=1S/C8H5N2O/c11-8-9-5-6-3-1-2-4-7(6)10-8/h1-5H/q+1. The first-order valence-electron chi connectivity index (χ1n) is 3.25. The van der Waals surface area contributed by atoms with E-state index in [1.54, 1.807) is 6.07 Å². The van der Waals surface area contributed by atoms with Crippen LogP contribution in [0.15, 0.2) is 29.3 Å². The zero-order chi connectivity index (χ0) is 7.68. The molecule has 1 aromatic carbocycles. The van der Waals surface area contributed by atoms with Gasteiger partial charge in [0.1, 0.15) is 0 Å². The number of aliphatic imine (C=N–C) groups is 1. The second kappa shape index (κ2) is 2.20. The molecule has 2 radical (unpaired) electrons. The van der Waals surface area contributed by atoms with Crippen LogP contribution in [0.25, 0.3) is 6.20 Å². The molecule has 3 heteroatoms. The molecule has 0 aliphatic carbocycles. The lowest BCUT2D eigenvalue weighted by atomic mass is 10.3. The predicted molar refractivity (Wildman–Crippen MR) is 39.5 cm³/mol. The van der Waals surface area contributed by atoms with Crippen LogP contribution < -0.4 is 15.6 Å². The molecule has 2 rings (SSSR count). The summed E-state index contributed by atoms with van der Waals surface area (Å²) in [5.74, 6) is 0. The van der Waals surface area contributed by atoms with Gasteiger partial charge in [0, 0.05) is 4.99 Å². The minimum Gasteiger partial charge on any atom is -0.190 e. The molecule has 1 aliphatic rings. The van der Waals surface area contributed by atoms with Crippen molar-refractivity contribution in [1.29, 1.82) is 0 Å². The number of hydrogen-bond donors (Lipinski definition) is 0. The summed E-state index contributed by atoms with van der Waals surface area (Å²) in [5, 5.41) is 12.3. The van der Waals surface area contributed by atoms with Gasteiger partial charge in [0.25, 0.3) is 0 Å². The summed E-state index contributed by atoms with van der Waals surface area (Å²) in [5.41, 5.74) is 0. The van der Waals surface area contributed by atoms with Crippen molar-refractivity contribution in [2.24, 2.45) is 4.99 Å². The van der Waals surface area contributed by atoms with Crippen LogP contribution in [-0.4, -0.2) is 6.02 Å². The Kier molecular flexibility index (Phi) is 1.22. The molecule has 0 spiro atoms. The molecule has 1 aromatic rings. The second-order valence-corrected chi connectivity index (χ2v) is 2.21.